The van der Waals surface area contributed by atoms with Gasteiger partial charge in [-0.2, -0.15) is 0 Å². The summed E-state index contributed by atoms with van der Waals surface area (Å²) in [6, 6.07) is 6.87. The molecule has 1 unspecified atom stereocenters. The van der Waals surface area contributed by atoms with Crippen molar-refractivity contribution in [3.63, 3.8) is 0 Å². The van der Waals surface area contributed by atoms with E-state index < -0.39 is 12.0 Å². The van der Waals surface area contributed by atoms with Gasteiger partial charge in [-0.25, -0.2) is 0 Å². The van der Waals surface area contributed by atoms with Gasteiger partial charge in [0.2, 0.25) is 0 Å². The van der Waals surface area contributed by atoms with E-state index in [-0.39, 0.29) is 0 Å². The predicted octanol–water partition coefficient (Wildman–Crippen LogP) is 1.71. The molecule has 1 aliphatic heterocycles. The number of carbonyl (C=O) groups is 1. The minimum Gasteiger partial charge on any atom is -0.480 e. The fourth-order valence-corrected chi connectivity index (χ4v) is 2.84. The first-order valence-electron chi connectivity index (χ1n) is 6.64. The van der Waals surface area contributed by atoms with Crippen molar-refractivity contribution in [2.24, 2.45) is 0 Å². The van der Waals surface area contributed by atoms with Crippen LogP contribution in [0.15, 0.2) is 24.3 Å². The van der Waals surface area contributed by atoms with Gasteiger partial charge in [0, 0.05) is 11.6 Å². The molecule has 6 nitrogen and oxygen atoms in total. The number of hydrogen-bond donors (Lipinski definition) is 1. The van der Waals surface area contributed by atoms with Crippen molar-refractivity contribution < 1.29 is 9.90 Å². The number of aryl methyl sites for hydroxylation is 1. The van der Waals surface area contributed by atoms with E-state index in [1.807, 2.05) is 34.6 Å². The van der Waals surface area contributed by atoms with Crippen molar-refractivity contribution in [3.05, 3.63) is 46.5 Å². The molecule has 0 fully saturated rings. The predicted molar refractivity (Wildman–Crippen MR) is 76.9 cm³/mol. The minimum atomic E-state index is -0.837. The normalized spacial score (nSPS) is 18.5. The zero-order chi connectivity index (χ0) is 15.0. The highest BCUT2D eigenvalue weighted by Gasteiger charge is 2.33. The van der Waals surface area contributed by atoms with Crippen molar-refractivity contribution in [2.75, 3.05) is 0 Å². The molecule has 0 saturated heterocycles. The molecule has 0 aliphatic carbocycles. The lowest BCUT2D eigenvalue weighted by atomic mass is 10.1. The Bertz CT molecular complexity index is 685. The van der Waals surface area contributed by atoms with Crippen molar-refractivity contribution in [1.29, 1.82) is 0 Å². The number of hydrogen-bond acceptors (Lipinski definition) is 4. The number of benzene rings is 1. The Labute approximate surface area is 127 Å². The van der Waals surface area contributed by atoms with Crippen LogP contribution in [0.2, 0.25) is 5.02 Å². The third kappa shape index (κ3) is 2.77. The van der Waals surface area contributed by atoms with Gasteiger partial charge < -0.3 is 9.67 Å². The molecule has 0 saturated carbocycles. The van der Waals surface area contributed by atoms with Gasteiger partial charge in [-0.15, -0.1) is 10.2 Å². The lowest BCUT2D eigenvalue weighted by molar-refractivity contribution is -0.145. The smallest absolute Gasteiger partial charge is 0.322 e. The molecule has 1 aromatic carbocycles. The Kier molecular flexibility index (Phi) is 3.65. The maximum atomic E-state index is 11.5. The van der Waals surface area contributed by atoms with Crippen molar-refractivity contribution in [1.82, 2.24) is 19.7 Å². The molecule has 1 atom stereocenters. The summed E-state index contributed by atoms with van der Waals surface area (Å²) in [4.78, 5) is 13.4. The van der Waals surface area contributed by atoms with Crippen molar-refractivity contribution in [3.8, 4) is 0 Å². The molecule has 1 N–H and O–H groups in total. The van der Waals surface area contributed by atoms with Gasteiger partial charge in [0.25, 0.3) is 0 Å². The second kappa shape index (κ2) is 5.46. The number of halogens is 1. The third-order valence-corrected chi connectivity index (χ3v) is 3.95. The van der Waals surface area contributed by atoms with E-state index in [1.54, 1.807) is 6.07 Å². The van der Waals surface area contributed by atoms with Crippen LogP contribution in [0, 0.1) is 6.92 Å². The van der Waals surface area contributed by atoms with Gasteiger partial charge in [-0.3, -0.25) is 9.69 Å². The molecule has 1 aliphatic rings. The summed E-state index contributed by atoms with van der Waals surface area (Å²) in [5.74, 6) is 0.710. The van der Waals surface area contributed by atoms with Crippen LogP contribution in [0.25, 0.3) is 0 Å². The van der Waals surface area contributed by atoms with E-state index in [1.165, 1.54) is 0 Å². The van der Waals surface area contributed by atoms with Crippen LogP contribution in [0.4, 0.5) is 0 Å². The van der Waals surface area contributed by atoms with Gasteiger partial charge >= 0.3 is 5.97 Å². The minimum absolute atomic E-state index is 0.365. The van der Waals surface area contributed by atoms with Crippen LogP contribution in [0.3, 0.4) is 0 Å². The molecule has 110 valence electrons. The van der Waals surface area contributed by atoms with Crippen LogP contribution >= 0.6 is 11.6 Å². The zero-order valence-corrected chi connectivity index (χ0v) is 12.3. The molecule has 0 spiro atoms. The Balaban J connectivity index is 1.87. The lowest BCUT2D eigenvalue weighted by Gasteiger charge is -2.33. The first-order valence-corrected chi connectivity index (χ1v) is 7.02. The summed E-state index contributed by atoms with van der Waals surface area (Å²) >= 11 is 5.98. The second-order valence-corrected chi connectivity index (χ2v) is 5.60. The Morgan fingerprint density at radius 1 is 1.48 bits per heavy atom. The molecular formula is C14H15ClN4O2. The SMILES string of the molecule is Cc1nnc2n1CC(C(=O)O)N(Cc1cccc(Cl)c1)C2. The summed E-state index contributed by atoms with van der Waals surface area (Å²) in [6.45, 7) is 3.18. The van der Waals surface area contributed by atoms with Crippen molar-refractivity contribution >= 4 is 17.6 Å². The summed E-state index contributed by atoms with van der Waals surface area (Å²) in [7, 11) is 0. The van der Waals surface area contributed by atoms with Gasteiger partial charge in [0.1, 0.15) is 17.7 Å². The molecule has 0 radical (unpaired) electrons. The van der Waals surface area contributed by atoms with Crippen LogP contribution in [0.1, 0.15) is 17.2 Å². The number of rotatable bonds is 3. The van der Waals surface area contributed by atoms with Gasteiger partial charge in [0.05, 0.1) is 13.1 Å². The quantitative estimate of drug-likeness (QED) is 0.934. The highest BCUT2D eigenvalue weighted by atomic mass is 35.5. The molecular weight excluding hydrogens is 292 g/mol. The zero-order valence-electron chi connectivity index (χ0n) is 11.5. The first kappa shape index (κ1) is 14.0. The van der Waals surface area contributed by atoms with E-state index in [4.69, 9.17) is 11.6 Å². The number of nitrogens with zero attached hydrogens (tertiary/aromatic N) is 4. The van der Waals surface area contributed by atoms with Crippen LogP contribution in [0.5, 0.6) is 0 Å². The maximum absolute atomic E-state index is 11.5. The van der Waals surface area contributed by atoms with Gasteiger partial charge in [-0.1, -0.05) is 23.7 Å². The third-order valence-electron chi connectivity index (χ3n) is 3.71. The molecule has 1 aromatic heterocycles. The lowest BCUT2D eigenvalue weighted by Crippen LogP contribution is -2.47. The maximum Gasteiger partial charge on any atom is 0.322 e. The number of fused-ring (bicyclic) bond motifs is 1. The van der Waals surface area contributed by atoms with Crippen LogP contribution in [-0.4, -0.2) is 36.8 Å². The van der Waals surface area contributed by atoms with Crippen LogP contribution < -0.4 is 0 Å². The highest BCUT2D eigenvalue weighted by molar-refractivity contribution is 6.30. The molecule has 21 heavy (non-hydrogen) atoms. The summed E-state index contributed by atoms with van der Waals surface area (Å²) in [6.07, 6.45) is 0. The van der Waals surface area contributed by atoms with Gasteiger partial charge in [0.15, 0.2) is 0 Å². The van der Waals surface area contributed by atoms with Gasteiger partial charge in [-0.05, 0) is 24.6 Å². The number of aliphatic carboxylic acids is 1. The van der Waals surface area contributed by atoms with E-state index in [0.717, 1.165) is 17.2 Å². The monoisotopic (exact) mass is 306 g/mol. The van der Waals surface area contributed by atoms with E-state index >= 15 is 0 Å². The largest absolute Gasteiger partial charge is 0.480 e. The Morgan fingerprint density at radius 3 is 3.00 bits per heavy atom. The van der Waals surface area contributed by atoms with E-state index in [2.05, 4.69) is 10.2 Å². The van der Waals surface area contributed by atoms with Crippen molar-refractivity contribution in [2.45, 2.75) is 32.6 Å². The fraction of sp³-hybridized carbons (Fsp3) is 0.357. The highest BCUT2D eigenvalue weighted by Crippen LogP contribution is 2.21. The average Bonchev–Trinajstić information content (AvgIpc) is 2.79. The molecule has 2 heterocycles. The number of carboxylic acid groups (broad SMARTS) is 1. The first-order chi connectivity index (χ1) is 10.0. The molecule has 7 heteroatoms. The number of carboxylic acids is 1. The molecule has 3 rings (SSSR count). The van der Waals surface area contributed by atoms with E-state index in [0.29, 0.717) is 24.7 Å². The summed E-state index contributed by atoms with van der Waals surface area (Å²) in [5, 5.41) is 18.3. The van der Waals surface area contributed by atoms with E-state index in [9.17, 15) is 9.90 Å². The Hall–Kier alpha value is -1.92. The number of aromatic nitrogens is 3. The summed E-state index contributed by atoms with van der Waals surface area (Å²) < 4.78 is 1.87. The standard InChI is InChI=1S/C14H15ClN4O2/c1-9-16-17-13-8-18(12(14(20)21)7-19(9)13)6-10-3-2-4-11(15)5-10/h2-5,12H,6-8H2,1H3,(H,20,21). The summed E-state index contributed by atoms with van der Waals surface area (Å²) in [5.41, 5.74) is 0.985. The average molecular weight is 307 g/mol. The second-order valence-electron chi connectivity index (χ2n) is 5.16. The molecule has 0 bridgehead atoms. The Morgan fingerprint density at radius 2 is 2.29 bits per heavy atom. The van der Waals surface area contributed by atoms with Crippen LogP contribution in [-0.2, 0) is 24.4 Å². The molecule has 0 amide bonds. The molecule has 2 aromatic rings. The topological polar surface area (TPSA) is 71.2 Å². The fourth-order valence-electron chi connectivity index (χ4n) is 2.63.